The number of aliphatic hydroxyl groups excluding tert-OH is 1. The summed E-state index contributed by atoms with van der Waals surface area (Å²) in [4.78, 5) is 0. The average molecular weight is 330 g/mol. The van der Waals surface area contributed by atoms with Gasteiger partial charge in [0.2, 0.25) is 0 Å². The highest BCUT2D eigenvalue weighted by molar-refractivity contribution is 7.20. The van der Waals surface area contributed by atoms with Gasteiger partial charge in [-0.3, -0.25) is 0 Å². The lowest BCUT2D eigenvalue weighted by molar-refractivity contribution is 0.232. The van der Waals surface area contributed by atoms with Gasteiger partial charge in [-0.1, -0.05) is 53.5 Å². The number of nitrogens with one attached hydrogen (secondary N) is 1. The third-order valence-electron chi connectivity index (χ3n) is 3.18. The van der Waals surface area contributed by atoms with Crippen molar-refractivity contribution in [3.05, 3.63) is 56.2 Å². The van der Waals surface area contributed by atoms with E-state index in [0.717, 1.165) is 12.0 Å². The second-order valence-electron chi connectivity index (χ2n) is 4.74. The minimum atomic E-state index is -0.0119. The molecule has 2 atom stereocenters. The fourth-order valence-electron chi connectivity index (χ4n) is 2.17. The van der Waals surface area contributed by atoms with Crippen molar-refractivity contribution in [3.63, 3.8) is 0 Å². The summed E-state index contributed by atoms with van der Waals surface area (Å²) < 4.78 is 1.38. The summed E-state index contributed by atoms with van der Waals surface area (Å²) in [6.45, 7) is 2.10. The van der Waals surface area contributed by atoms with Gasteiger partial charge in [-0.25, -0.2) is 0 Å². The molecule has 1 aromatic heterocycles. The molecule has 0 amide bonds. The van der Waals surface area contributed by atoms with Crippen LogP contribution in [0.1, 0.15) is 24.1 Å². The maximum Gasteiger partial charge on any atom is 0.0991 e. The average Bonchev–Trinajstić information content (AvgIpc) is 2.78. The molecule has 0 saturated carbocycles. The van der Waals surface area contributed by atoms with E-state index >= 15 is 0 Å². The maximum atomic E-state index is 9.54. The zero-order valence-corrected chi connectivity index (χ0v) is 13.5. The molecule has 1 aromatic carbocycles. The number of hydrogen-bond donors (Lipinski definition) is 2. The Balaban J connectivity index is 2.01. The largest absolute Gasteiger partial charge is 0.395 e. The molecule has 108 valence electrons. The van der Waals surface area contributed by atoms with Gasteiger partial charge in [0.1, 0.15) is 0 Å². The molecule has 2 aromatic rings. The van der Waals surface area contributed by atoms with Gasteiger partial charge >= 0.3 is 0 Å². The van der Waals surface area contributed by atoms with Gasteiger partial charge in [0.05, 0.1) is 15.3 Å². The Morgan fingerprint density at radius 1 is 1.25 bits per heavy atom. The maximum absolute atomic E-state index is 9.54. The van der Waals surface area contributed by atoms with E-state index < -0.39 is 0 Å². The SMILES string of the molecule is CC(N[C@@H](CO)Cc1ccccc1)c1cc(Cl)sc1Cl. The van der Waals surface area contributed by atoms with E-state index in [4.69, 9.17) is 23.2 Å². The van der Waals surface area contributed by atoms with Crippen LogP contribution < -0.4 is 5.32 Å². The first-order valence-corrected chi connectivity index (χ1v) is 8.03. The van der Waals surface area contributed by atoms with Crippen molar-refractivity contribution in [1.82, 2.24) is 5.32 Å². The first-order valence-electron chi connectivity index (χ1n) is 6.45. The van der Waals surface area contributed by atoms with Gasteiger partial charge in [-0.2, -0.15) is 0 Å². The summed E-state index contributed by atoms with van der Waals surface area (Å²) in [5.41, 5.74) is 2.17. The van der Waals surface area contributed by atoms with Crippen LogP contribution in [0.2, 0.25) is 8.67 Å². The lowest BCUT2D eigenvalue weighted by Crippen LogP contribution is -2.36. The van der Waals surface area contributed by atoms with Crippen molar-refractivity contribution in [1.29, 1.82) is 0 Å². The summed E-state index contributed by atoms with van der Waals surface area (Å²) in [5.74, 6) is 0. The molecule has 0 aliphatic carbocycles. The first-order chi connectivity index (χ1) is 9.60. The monoisotopic (exact) mass is 329 g/mol. The van der Waals surface area contributed by atoms with E-state index in [9.17, 15) is 5.11 Å². The van der Waals surface area contributed by atoms with E-state index in [-0.39, 0.29) is 18.7 Å². The molecular formula is C15H17Cl2NOS. The zero-order valence-electron chi connectivity index (χ0n) is 11.1. The molecule has 5 heteroatoms. The molecular weight excluding hydrogens is 313 g/mol. The second-order valence-corrected chi connectivity index (χ2v) is 7.02. The fourth-order valence-corrected chi connectivity index (χ4v) is 3.81. The lowest BCUT2D eigenvalue weighted by atomic mass is 10.0. The van der Waals surface area contributed by atoms with E-state index in [1.807, 2.05) is 31.2 Å². The van der Waals surface area contributed by atoms with E-state index in [0.29, 0.717) is 8.67 Å². The Labute approximate surface area is 133 Å². The Kier molecular flexibility index (Phi) is 5.87. The van der Waals surface area contributed by atoms with Crippen molar-refractivity contribution >= 4 is 34.5 Å². The van der Waals surface area contributed by atoms with Crippen molar-refractivity contribution in [2.45, 2.75) is 25.4 Å². The third-order valence-corrected chi connectivity index (χ3v) is 4.70. The van der Waals surface area contributed by atoms with Crippen molar-refractivity contribution in [3.8, 4) is 0 Å². The molecule has 1 heterocycles. The summed E-state index contributed by atoms with van der Waals surface area (Å²) >= 11 is 13.5. The number of benzene rings is 1. The molecule has 2 rings (SSSR count). The van der Waals surface area contributed by atoms with Gasteiger partial charge in [0, 0.05) is 12.1 Å². The fraction of sp³-hybridized carbons (Fsp3) is 0.333. The van der Waals surface area contributed by atoms with Crippen LogP contribution >= 0.6 is 34.5 Å². The lowest BCUT2D eigenvalue weighted by Gasteiger charge is -2.21. The molecule has 0 bridgehead atoms. The zero-order chi connectivity index (χ0) is 14.5. The van der Waals surface area contributed by atoms with Crippen LogP contribution in [0.5, 0.6) is 0 Å². The van der Waals surface area contributed by atoms with Gasteiger partial charge in [0.25, 0.3) is 0 Å². The third kappa shape index (κ3) is 4.21. The van der Waals surface area contributed by atoms with Crippen LogP contribution in [0.4, 0.5) is 0 Å². The Morgan fingerprint density at radius 3 is 2.50 bits per heavy atom. The Hall–Kier alpha value is -0.580. The Morgan fingerprint density at radius 2 is 1.95 bits per heavy atom. The molecule has 0 fully saturated rings. The summed E-state index contributed by atoms with van der Waals surface area (Å²) in [6.07, 6.45) is 0.775. The molecule has 1 unspecified atom stereocenters. The number of halogens is 2. The Bertz CT molecular complexity index is 544. The van der Waals surface area contributed by atoms with Crippen LogP contribution in [0, 0.1) is 0 Å². The van der Waals surface area contributed by atoms with E-state index in [1.165, 1.54) is 16.9 Å². The van der Waals surface area contributed by atoms with Crippen molar-refractivity contribution in [2.75, 3.05) is 6.61 Å². The second kappa shape index (κ2) is 7.43. The highest BCUT2D eigenvalue weighted by atomic mass is 35.5. The molecule has 0 aliphatic heterocycles. The predicted molar refractivity (Wildman–Crippen MR) is 86.9 cm³/mol. The van der Waals surface area contributed by atoms with Crippen LogP contribution in [0.3, 0.4) is 0 Å². The summed E-state index contributed by atoms with van der Waals surface area (Å²) in [7, 11) is 0. The highest BCUT2D eigenvalue weighted by Gasteiger charge is 2.17. The van der Waals surface area contributed by atoms with Crippen LogP contribution in [0.15, 0.2) is 36.4 Å². The van der Waals surface area contributed by atoms with Crippen molar-refractivity contribution < 1.29 is 5.11 Å². The molecule has 2 N–H and O–H groups in total. The normalized spacial score (nSPS) is 14.2. The number of hydrogen-bond acceptors (Lipinski definition) is 3. The van der Waals surface area contributed by atoms with Crippen LogP contribution in [-0.4, -0.2) is 17.8 Å². The summed E-state index contributed by atoms with van der Waals surface area (Å²) in [6, 6.07) is 12.0. The highest BCUT2D eigenvalue weighted by Crippen LogP contribution is 2.35. The molecule has 0 spiro atoms. The van der Waals surface area contributed by atoms with Gasteiger partial charge in [-0.15, -0.1) is 11.3 Å². The minimum absolute atomic E-state index is 0.0119. The predicted octanol–water partition coefficient (Wildman–Crippen LogP) is 4.31. The molecule has 20 heavy (non-hydrogen) atoms. The topological polar surface area (TPSA) is 32.3 Å². The smallest absolute Gasteiger partial charge is 0.0991 e. The summed E-state index contributed by atoms with van der Waals surface area (Å²) in [5, 5.41) is 12.9. The molecule has 0 radical (unpaired) electrons. The van der Waals surface area contributed by atoms with Crippen molar-refractivity contribution in [2.24, 2.45) is 0 Å². The minimum Gasteiger partial charge on any atom is -0.395 e. The molecule has 0 aliphatic rings. The quantitative estimate of drug-likeness (QED) is 0.827. The molecule has 2 nitrogen and oxygen atoms in total. The molecule has 0 saturated heterocycles. The van der Waals surface area contributed by atoms with Gasteiger partial charge in [0.15, 0.2) is 0 Å². The van der Waals surface area contributed by atoms with Crippen LogP contribution in [-0.2, 0) is 6.42 Å². The number of rotatable bonds is 6. The van der Waals surface area contributed by atoms with E-state index in [2.05, 4.69) is 17.4 Å². The number of thiophene rings is 1. The van der Waals surface area contributed by atoms with Gasteiger partial charge in [-0.05, 0) is 30.5 Å². The standard InChI is InChI=1S/C15H17Cl2NOS/c1-10(13-8-14(16)20-15(13)17)18-12(9-19)7-11-5-3-2-4-6-11/h2-6,8,10,12,18-19H,7,9H2,1H3/t10?,12-/m1/s1. The van der Waals surface area contributed by atoms with Gasteiger partial charge < -0.3 is 10.4 Å². The van der Waals surface area contributed by atoms with E-state index in [1.54, 1.807) is 0 Å². The van der Waals surface area contributed by atoms with Crippen LogP contribution in [0.25, 0.3) is 0 Å². The number of aliphatic hydroxyl groups is 1. The first kappa shape index (κ1) is 15.8.